The van der Waals surface area contributed by atoms with Crippen molar-refractivity contribution < 1.29 is 84.8 Å². The van der Waals surface area contributed by atoms with Crippen LogP contribution >= 0.6 is 23.5 Å². The molecule has 1 aliphatic carbocycles. The molecule has 21 heteroatoms. The normalized spacial score (nSPS) is 75.2. The molecular formula is C6H3O18P3. The van der Waals surface area contributed by atoms with Crippen LogP contribution in [-0.2, 0) is 69.5 Å². The molecule has 6 aliphatic heterocycles. The second-order valence-electron chi connectivity index (χ2n) is 6.14. The Bertz CT molecular complexity index is 996. The van der Waals surface area contributed by atoms with Crippen LogP contribution in [0.4, 0.5) is 0 Å². The molecular weight excluding hydrogens is 453 g/mol. The van der Waals surface area contributed by atoms with Crippen LogP contribution in [0.25, 0.3) is 0 Å². The summed E-state index contributed by atoms with van der Waals surface area (Å²) in [4.78, 5) is 14.2. The molecule has 7 rings (SSSR count). The van der Waals surface area contributed by atoms with Crippen LogP contribution in [0, 0.1) is 0 Å². The molecule has 3 spiro atoms. The molecule has 7 aliphatic rings. The Balaban J connectivity index is 1.67. The van der Waals surface area contributed by atoms with E-state index in [9.17, 15) is 29.0 Å². The second-order valence-corrected chi connectivity index (χ2v) is 10.4. The van der Waals surface area contributed by atoms with E-state index in [4.69, 9.17) is 37.3 Å². The first-order valence-electron chi connectivity index (χ1n) is 6.70. The highest BCUT2D eigenvalue weighted by molar-refractivity contribution is 7.50. The Labute approximate surface area is 144 Å². The lowest BCUT2D eigenvalue weighted by molar-refractivity contribution is -0.651. The molecule has 1 saturated carbocycles. The molecule has 150 valence electrons. The number of phosphoric acid groups is 3. The van der Waals surface area contributed by atoms with Crippen LogP contribution in [0.15, 0.2) is 0 Å². The van der Waals surface area contributed by atoms with E-state index >= 15 is 0 Å². The molecule has 6 heterocycles. The minimum Gasteiger partial charge on any atom is -0.356 e. The van der Waals surface area contributed by atoms with Gasteiger partial charge < -0.3 is 15.3 Å². The smallest absolute Gasteiger partial charge is 0.356 e. The lowest BCUT2D eigenvalue weighted by Crippen LogP contribution is -2.95. The van der Waals surface area contributed by atoms with E-state index in [0.717, 1.165) is 0 Å². The predicted octanol–water partition coefficient (Wildman–Crippen LogP) is -1.50. The lowest BCUT2D eigenvalue weighted by atomic mass is 9.69. The standard InChI is InChI=1S/C6H3O18P3/c7-1-2(8)4(19-25(10,16-1)17-2)6-5(3(1,9)18-26(11,20-5)21-6)14-23-27(12,22-13-4)24-15-6/h7-9H/t1-,2-,3-,4+,5+,6-,25?,26?,27?/m1/s1. The van der Waals surface area contributed by atoms with Gasteiger partial charge in [-0.3, -0.25) is 0 Å². The SMILES string of the molecule is O=P12OO[C@]34OP5(=O)O[C@](O)([C@@]3(O)O5)[C@@]3(O)OP5(=O)O[C@]3(OO1)[C@]4(OO2)O5. The van der Waals surface area contributed by atoms with E-state index in [1.807, 2.05) is 0 Å². The fraction of sp³-hybridized carbons (Fsp3) is 1.00. The Morgan fingerprint density at radius 2 is 0.852 bits per heavy atom. The highest BCUT2D eigenvalue weighted by Crippen LogP contribution is 2.92. The fourth-order valence-corrected chi connectivity index (χ4v) is 8.21. The summed E-state index contributed by atoms with van der Waals surface area (Å²) in [5.74, 6) is -20.8. The lowest BCUT2D eigenvalue weighted by Gasteiger charge is -2.61. The summed E-state index contributed by atoms with van der Waals surface area (Å²) in [6.45, 7) is 0. The first-order valence-corrected chi connectivity index (χ1v) is 11.1. The summed E-state index contributed by atoms with van der Waals surface area (Å²) in [6.07, 6.45) is 0. The number of aliphatic hydroxyl groups is 3. The monoisotopic (exact) mass is 456 g/mol. The summed E-state index contributed by atoms with van der Waals surface area (Å²) in [5, 5.41) is 32.9. The van der Waals surface area contributed by atoms with Crippen LogP contribution in [0.5, 0.6) is 0 Å². The Morgan fingerprint density at radius 1 is 0.481 bits per heavy atom. The third kappa shape index (κ3) is 1.23. The van der Waals surface area contributed by atoms with Crippen LogP contribution in [-0.4, -0.2) is 50.0 Å². The molecule has 0 aromatic heterocycles. The van der Waals surface area contributed by atoms with Crippen LogP contribution in [0.1, 0.15) is 0 Å². The van der Waals surface area contributed by atoms with Gasteiger partial charge in [0.15, 0.2) is 0 Å². The average Bonchev–Trinajstić information content (AvgIpc) is 3.06. The Morgan fingerprint density at radius 3 is 1.33 bits per heavy atom. The van der Waals surface area contributed by atoms with Crippen LogP contribution in [0.2, 0.25) is 0 Å². The molecule has 0 radical (unpaired) electrons. The minimum absolute atomic E-state index is 3.28. The summed E-state index contributed by atoms with van der Waals surface area (Å²) in [6, 6.07) is 0. The van der Waals surface area contributed by atoms with Gasteiger partial charge in [-0.2, -0.15) is 14.7 Å². The maximum atomic E-state index is 12.7. The van der Waals surface area contributed by atoms with E-state index in [1.165, 1.54) is 0 Å². The fourth-order valence-electron chi connectivity index (χ4n) is 3.85. The van der Waals surface area contributed by atoms with Crippen molar-refractivity contribution in [1.29, 1.82) is 0 Å². The minimum atomic E-state index is -4.97. The zero-order valence-electron chi connectivity index (χ0n) is 11.8. The maximum absolute atomic E-state index is 12.7. The molecule has 0 aromatic carbocycles. The molecule has 0 amide bonds. The number of hydrogen-bond donors (Lipinski definition) is 3. The van der Waals surface area contributed by atoms with Crippen LogP contribution < -0.4 is 0 Å². The van der Waals surface area contributed by atoms with Gasteiger partial charge in [-0.25, -0.2) is 40.8 Å². The number of rotatable bonds is 0. The molecule has 3 unspecified atom stereocenters. The van der Waals surface area contributed by atoms with Crippen molar-refractivity contribution in [2.24, 2.45) is 0 Å². The zero-order chi connectivity index (χ0) is 19.0. The van der Waals surface area contributed by atoms with Gasteiger partial charge in [0.25, 0.3) is 5.79 Å². The number of fused-ring (bicyclic) bond motifs is 5. The molecule has 18 nitrogen and oxygen atoms in total. The van der Waals surface area contributed by atoms with Crippen molar-refractivity contribution in [3.63, 3.8) is 0 Å². The first kappa shape index (κ1) is 16.8. The molecule has 3 N–H and O–H groups in total. The first-order chi connectivity index (χ1) is 12.4. The van der Waals surface area contributed by atoms with Gasteiger partial charge in [-0.1, -0.05) is 0 Å². The Hall–Kier alpha value is 0.0900. The van der Waals surface area contributed by atoms with Gasteiger partial charge in [-0.05, 0) is 0 Å². The van der Waals surface area contributed by atoms with Gasteiger partial charge in [-0.15, -0.1) is 14.0 Å². The van der Waals surface area contributed by atoms with Crippen molar-refractivity contribution in [2.75, 3.05) is 0 Å². The summed E-state index contributed by atoms with van der Waals surface area (Å²) in [7, 11) is -14.9. The molecule has 6 saturated heterocycles. The van der Waals surface area contributed by atoms with Crippen molar-refractivity contribution in [3.05, 3.63) is 0 Å². The zero-order valence-corrected chi connectivity index (χ0v) is 14.5. The molecule has 6 bridgehead atoms. The second kappa shape index (κ2) is 3.76. The van der Waals surface area contributed by atoms with E-state index in [2.05, 4.69) is 18.5 Å². The third-order valence-corrected chi connectivity index (χ3v) is 8.54. The van der Waals surface area contributed by atoms with Gasteiger partial charge in [0.05, 0.1) is 0 Å². The predicted molar refractivity (Wildman–Crippen MR) is 58.9 cm³/mol. The van der Waals surface area contributed by atoms with Gasteiger partial charge in [0, 0.05) is 0 Å². The largest absolute Gasteiger partial charge is 0.557 e. The Kier molecular flexibility index (Phi) is 2.35. The van der Waals surface area contributed by atoms with Crippen molar-refractivity contribution >= 4 is 23.5 Å². The number of hydrogen-bond acceptors (Lipinski definition) is 18. The van der Waals surface area contributed by atoms with Crippen molar-refractivity contribution in [3.8, 4) is 0 Å². The van der Waals surface area contributed by atoms with Gasteiger partial charge in [0.2, 0.25) is 0 Å². The summed E-state index contributed by atoms with van der Waals surface area (Å²) < 4.78 is 79.4. The summed E-state index contributed by atoms with van der Waals surface area (Å²) >= 11 is 0. The van der Waals surface area contributed by atoms with E-state index in [1.54, 1.807) is 0 Å². The van der Waals surface area contributed by atoms with Gasteiger partial charge in [0.1, 0.15) is 0 Å². The van der Waals surface area contributed by atoms with Gasteiger partial charge >= 0.3 is 52.4 Å². The average molecular weight is 456 g/mol. The quantitative estimate of drug-likeness (QED) is 0.279. The van der Waals surface area contributed by atoms with E-state index in [-0.39, 0.29) is 0 Å². The molecule has 0 aromatic rings. The number of phosphoric ester groups is 2. The van der Waals surface area contributed by atoms with E-state index < -0.39 is 58.2 Å². The molecule has 27 heavy (non-hydrogen) atoms. The molecule has 9 atom stereocenters. The highest BCUT2D eigenvalue weighted by Gasteiger charge is 3.13. The topological polar surface area (TPSA) is 223 Å². The highest BCUT2D eigenvalue weighted by atomic mass is 31.2. The molecule has 7 fully saturated rings. The third-order valence-electron chi connectivity index (χ3n) is 4.87. The van der Waals surface area contributed by atoms with E-state index in [0.29, 0.717) is 0 Å². The summed E-state index contributed by atoms with van der Waals surface area (Å²) in [5.41, 5.74) is 0. The van der Waals surface area contributed by atoms with Crippen molar-refractivity contribution in [2.45, 2.75) is 34.7 Å². The van der Waals surface area contributed by atoms with Crippen molar-refractivity contribution in [1.82, 2.24) is 0 Å². The van der Waals surface area contributed by atoms with Crippen LogP contribution in [0.3, 0.4) is 0 Å². The maximum Gasteiger partial charge on any atom is 0.557 e.